The van der Waals surface area contributed by atoms with Gasteiger partial charge < -0.3 is 5.32 Å². The van der Waals surface area contributed by atoms with E-state index in [9.17, 15) is 26.3 Å². The fourth-order valence-corrected chi connectivity index (χ4v) is 2.54. The highest BCUT2D eigenvalue weighted by Crippen LogP contribution is 2.32. The Balaban J connectivity index is 1.80. The first kappa shape index (κ1) is 18.8. The first-order chi connectivity index (χ1) is 12.5. The molecule has 0 saturated heterocycles. The second-order valence-corrected chi connectivity index (χ2v) is 5.85. The van der Waals surface area contributed by atoms with E-state index in [1.165, 1.54) is 30.3 Å². The summed E-state index contributed by atoms with van der Waals surface area (Å²) in [7, 11) is 0. The van der Waals surface area contributed by atoms with Crippen molar-refractivity contribution in [1.29, 1.82) is 5.41 Å². The molecule has 0 aromatic heterocycles. The maximum absolute atomic E-state index is 12.7. The number of hydrogen-bond donors (Lipinski definition) is 2. The summed E-state index contributed by atoms with van der Waals surface area (Å²) < 4.78 is 76.0. The molecule has 0 aliphatic rings. The van der Waals surface area contributed by atoms with Crippen molar-refractivity contribution in [1.82, 2.24) is 0 Å². The summed E-state index contributed by atoms with van der Waals surface area (Å²) in [5, 5.41) is 11.6. The summed E-state index contributed by atoms with van der Waals surface area (Å²) in [5.41, 5.74) is -0.888. The molecule has 2 nitrogen and oxygen atoms in total. The largest absolute Gasteiger partial charge is 0.416 e. The molecule has 0 amide bonds. The van der Waals surface area contributed by atoms with Crippen LogP contribution in [0.4, 0.5) is 32.0 Å². The highest BCUT2D eigenvalue weighted by atomic mass is 19.4. The van der Waals surface area contributed by atoms with Gasteiger partial charge in [-0.2, -0.15) is 26.3 Å². The van der Waals surface area contributed by atoms with Crippen LogP contribution in [0.1, 0.15) is 16.7 Å². The van der Waals surface area contributed by atoms with Crippen LogP contribution in [-0.4, -0.2) is 5.84 Å². The summed E-state index contributed by atoms with van der Waals surface area (Å²) in [5.74, 6) is -0.130. The smallest absolute Gasteiger partial charge is 0.340 e. The predicted octanol–water partition coefficient (Wildman–Crippen LogP) is 6.31. The maximum Gasteiger partial charge on any atom is 0.416 e. The van der Waals surface area contributed by atoms with Gasteiger partial charge in [0, 0.05) is 11.3 Å². The number of rotatable bonds is 2. The van der Waals surface area contributed by atoms with Crippen LogP contribution in [-0.2, 0) is 12.4 Å². The van der Waals surface area contributed by atoms with Gasteiger partial charge in [-0.05, 0) is 47.2 Å². The standard InChI is InChI=1S/C19H12F6N2/c20-18(21,22)14-5-1-11(2-6-14)17(26)27-16-8-4-12-9-15(19(23,24)25)7-3-13(12)10-16/h1-10H,(H2,26,27). The molecule has 2 N–H and O–H groups in total. The lowest BCUT2D eigenvalue weighted by atomic mass is 10.1. The molecule has 0 unspecified atom stereocenters. The van der Waals surface area contributed by atoms with E-state index >= 15 is 0 Å². The zero-order valence-electron chi connectivity index (χ0n) is 13.5. The Hall–Kier alpha value is -3.03. The summed E-state index contributed by atoms with van der Waals surface area (Å²) in [6.07, 6.45) is -8.89. The van der Waals surface area contributed by atoms with Crippen molar-refractivity contribution in [3.05, 3.63) is 77.4 Å². The number of amidine groups is 1. The summed E-state index contributed by atoms with van der Waals surface area (Å²) in [4.78, 5) is 0. The average Bonchev–Trinajstić information content (AvgIpc) is 2.59. The van der Waals surface area contributed by atoms with E-state index in [0.717, 1.165) is 24.3 Å². The zero-order valence-corrected chi connectivity index (χ0v) is 13.5. The predicted molar refractivity (Wildman–Crippen MR) is 90.8 cm³/mol. The molecule has 0 aliphatic carbocycles. The lowest BCUT2D eigenvalue weighted by Crippen LogP contribution is -2.13. The third-order valence-electron chi connectivity index (χ3n) is 3.94. The molecule has 0 aliphatic heterocycles. The number of nitrogens with one attached hydrogen (secondary N) is 2. The Morgan fingerprint density at radius 3 is 1.78 bits per heavy atom. The Kier molecular flexibility index (Phi) is 4.59. The van der Waals surface area contributed by atoms with Crippen LogP contribution in [0.25, 0.3) is 10.8 Å². The minimum absolute atomic E-state index is 0.130. The second kappa shape index (κ2) is 6.61. The quantitative estimate of drug-likeness (QED) is 0.304. The van der Waals surface area contributed by atoms with Gasteiger partial charge in [0.25, 0.3) is 0 Å². The highest BCUT2D eigenvalue weighted by Gasteiger charge is 2.31. The van der Waals surface area contributed by atoms with Crippen LogP contribution < -0.4 is 5.32 Å². The number of alkyl halides is 6. The molecular weight excluding hydrogens is 370 g/mol. The Morgan fingerprint density at radius 1 is 0.667 bits per heavy atom. The molecule has 3 aromatic carbocycles. The molecule has 3 aromatic rings. The molecule has 0 radical (unpaired) electrons. The van der Waals surface area contributed by atoms with E-state index in [2.05, 4.69) is 5.32 Å². The van der Waals surface area contributed by atoms with E-state index in [-0.39, 0.29) is 11.4 Å². The van der Waals surface area contributed by atoms with Gasteiger partial charge in [-0.1, -0.05) is 24.3 Å². The summed E-state index contributed by atoms with van der Waals surface area (Å²) in [6.45, 7) is 0. The minimum Gasteiger partial charge on any atom is -0.340 e. The van der Waals surface area contributed by atoms with E-state index in [1.807, 2.05) is 0 Å². The molecule has 0 heterocycles. The summed E-state index contributed by atoms with van der Waals surface area (Å²) in [6, 6.07) is 12.0. The molecule has 0 bridgehead atoms. The fourth-order valence-electron chi connectivity index (χ4n) is 2.54. The van der Waals surface area contributed by atoms with Gasteiger partial charge in [0.15, 0.2) is 0 Å². The van der Waals surface area contributed by atoms with Crippen molar-refractivity contribution in [3.63, 3.8) is 0 Å². The van der Waals surface area contributed by atoms with Gasteiger partial charge >= 0.3 is 12.4 Å². The molecule has 3 rings (SSSR count). The molecule has 0 atom stereocenters. The topological polar surface area (TPSA) is 35.9 Å². The van der Waals surface area contributed by atoms with Crippen LogP contribution >= 0.6 is 0 Å². The SMILES string of the molecule is N=C(Nc1ccc2cc(C(F)(F)F)ccc2c1)c1ccc(C(F)(F)F)cc1. The van der Waals surface area contributed by atoms with E-state index in [0.29, 0.717) is 16.5 Å². The van der Waals surface area contributed by atoms with Gasteiger partial charge in [0.05, 0.1) is 11.1 Å². The lowest BCUT2D eigenvalue weighted by molar-refractivity contribution is -0.138. The first-order valence-electron chi connectivity index (χ1n) is 7.68. The van der Waals surface area contributed by atoms with Crippen molar-refractivity contribution >= 4 is 22.3 Å². The monoisotopic (exact) mass is 382 g/mol. The minimum atomic E-state index is -4.46. The third kappa shape index (κ3) is 4.21. The number of benzene rings is 3. The molecule has 140 valence electrons. The molecule has 0 spiro atoms. The van der Waals surface area contributed by atoms with Crippen molar-refractivity contribution in [2.24, 2.45) is 0 Å². The fraction of sp³-hybridized carbons (Fsp3) is 0.105. The van der Waals surface area contributed by atoms with Crippen LogP contribution in [0.15, 0.2) is 60.7 Å². The first-order valence-corrected chi connectivity index (χ1v) is 7.68. The van der Waals surface area contributed by atoms with Gasteiger partial charge in [0.2, 0.25) is 0 Å². The Morgan fingerprint density at radius 2 is 1.19 bits per heavy atom. The maximum atomic E-state index is 12.7. The van der Waals surface area contributed by atoms with Crippen LogP contribution in [0.2, 0.25) is 0 Å². The highest BCUT2D eigenvalue weighted by molar-refractivity contribution is 6.07. The second-order valence-electron chi connectivity index (χ2n) is 5.85. The van der Waals surface area contributed by atoms with Crippen molar-refractivity contribution < 1.29 is 26.3 Å². The van der Waals surface area contributed by atoms with Crippen molar-refractivity contribution in [2.75, 3.05) is 5.32 Å². The molecule has 0 fully saturated rings. The van der Waals surface area contributed by atoms with Gasteiger partial charge in [-0.15, -0.1) is 0 Å². The Bertz CT molecular complexity index is 988. The van der Waals surface area contributed by atoms with Crippen LogP contribution in [0.3, 0.4) is 0 Å². The van der Waals surface area contributed by atoms with Crippen LogP contribution in [0.5, 0.6) is 0 Å². The van der Waals surface area contributed by atoms with Gasteiger partial charge in [-0.3, -0.25) is 5.41 Å². The van der Waals surface area contributed by atoms with Crippen molar-refractivity contribution in [3.8, 4) is 0 Å². The van der Waals surface area contributed by atoms with E-state index in [4.69, 9.17) is 5.41 Å². The van der Waals surface area contributed by atoms with Crippen LogP contribution in [0, 0.1) is 5.41 Å². The van der Waals surface area contributed by atoms with Crippen molar-refractivity contribution in [2.45, 2.75) is 12.4 Å². The normalized spacial score (nSPS) is 12.2. The lowest BCUT2D eigenvalue weighted by Gasteiger charge is -2.12. The number of anilines is 1. The van der Waals surface area contributed by atoms with E-state index < -0.39 is 23.5 Å². The number of hydrogen-bond acceptors (Lipinski definition) is 1. The molecule has 27 heavy (non-hydrogen) atoms. The molecule has 8 heteroatoms. The molecule has 0 saturated carbocycles. The number of fused-ring (bicyclic) bond motifs is 1. The zero-order chi connectivity index (χ0) is 19.8. The average molecular weight is 382 g/mol. The third-order valence-corrected chi connectivity index (χ3v) is 3.94. The Labute approximate surface area is 149 Å². The molecular formula is C19H12F6N2. The van der Waals surface area contributed by atoms with Gasteiger partial charge in [-0.25, -0.2) is 0 Å². The number of halogens is 6. The van der Waals surface area contributed by atoms with E-state index in [1.54, 1.807) is 6.07 Å². The van der Waals surface area contributed by atoms with Gasteiger partial charge in [0.1, 0.15) is 5.84 Å². The summed E-state index contributed by atoms with van der Waals surface area (Å²) >= 11 is 0.